The number of methoxy groups -OCH3 is 1. The van der Waals surface area contributed by atoms with Gasteiger partial charge in [0.15, 0.2) is 5.13 Å². The number of aromatic nitrogens is 3. The Morgan fingerprint density at radius 2 is 2.03 bits per heavy atom. The fourth-order valence-corrected chi connectivity index (χ4v) is 4.35. The standard InChI is InChI=1S/C21H19N5O3S/c1-28-15-8-5-9-16-18(15)24-21(30-16)26-11-14(12-26)20(27)22-10-17-23-19(25-29-17)13-6-3-2-4-7-13/h2-9,14H,10-12H2,1H3,(H,22,27). The van der Waals surface area contributed by atoms with E-state index < -0.39 is 0 Å². The van der Waals surface area contributed by atoms with E-state index in [9.17, 15) is 4.79 Å². The van der Waals surface area contributed by atoms with Crippen LogP contribution in [0.4, 0.5) is 5.13 Å². The van der Waals surface area contributed by atoms with Crippen molar-refractivity contribution in [3.8, 4) is 17.1 Å². The number of ether oxygens (including phenoxy) is 1. The molecule has 2 aromatic carbocycles. The van der Waals surface area contributed by atoms with Crippen molar-refractivity contribution < 1.29 is 14.1 Å². The van der Waals surface area contributed by atoms with Crippen molar-refractivity contribution in [2.75, 3.05) is 25.1 Å². The molecule has 152 valence electrons. The van der Waals surface area contributed by atoms with Crippen LogP contribution < -0.4 is 15.0 Å². The minimum absolute atomic E-state index is 0.0237. The van der Waals surface area contributed by atoms with Gasteiger partial charge in [-0.1, -0.05) is 52.9 Å². The molecule has 30 heavy (non-hydrogen) atoms. The van der Waals surface area contributed by atoms with Gasteiger partial charge in [-0.05, 0) is 12.1 Å². The molecule has 0 saturated carbocycles. The molecule has 0 spiro atoms. The number of hydrogen-bond acceptors (Lipinski definition) is 8. The minimum atomic E-state index is -0.0876. The van der Waals surface area contributed by atoms with Crippen LogP contribution in [0.3, 0.4) is 0 Å². The zero-order valence-electron chi connectivity index (χ0n) is 16.2. The minimum Gasteiger partial charge on any atom is -0.494 e. The van der Waals surface area contributed by atoms with Crippen LogP contribution in [-0.4, -0.2) is 41.2 Å². The molecule has 3 heterocycles. The third-order valence-corrected chi connectivity index (χ3v) is 6.11. The van der Waals surface area contributed by atoms with Crippen molar-refractivity contribution >= 4 is 32.6 Å². The highest BCUT2D eigenvalue weighted by Crippen LogP contribution is 2.36. The van der Waals surface area contributed by atoms with Gasteiger partial charge in [-0.2, -0.15) is 4.98 Å². The number of nitrogens with one attached hydrogen (secondary N) is 1. The summed E-state index contributed by atoms with van der Waals surface area (Å²) in [6.45, 7) is 1.48. The van der Waals surface area contributed by atoms with Gasteiger partial charge in [0.25, 0.3) is 0 Å². The predicted molar refractivity (Wildman–Crippen MR) is 113 cm³/mol. The summed E-state index contributed by atoms with van der Waals surface area (Å²) in [6, 6.07) is 15.5. The number of carbonyl (C=O) groups excluding carboxylic acids is 1. The second-order valence-corrected chi connectivity index (χ2v) is 8.01. The van der Waals surface area contributed by atoms with E-state index in [1.54, 1.807) is 18.4 Å². The molecule has 8 nitrogen and oxygen atoms in total. The van der Waals surface area contributed by atoms with Gasteiger partial charge in [0.1, 0.15) is 11.3 Å². The average Bonchev–Trinajstić information content (AvgIpc) is 3.38. The first kappa shape index (κ1) is 18.6. The maximum atomic E-state index is 12.5. The number of benzene rings is 2. The highest BCUT2D eigenvalue weighted by molar-refractivity contribution is 7.22. The van der Waals surface area contributed by atoms with E-state index in [1.165, 1.54) is 0 Å². The molecule has 1 N–H and O–H groups in total. The Bertz CT molecular complexity index is 1180. The molecule has 0 radical (unpaired) electrons. The normalized spacial score (nSPS) is 14.0. The van der Waals surface area contributed by atoms with Gasteiger partial charge in [0.2, 0.25) is 17.6 Å². The van der Waals surface area contributed by atoms with E-state index in [-0.39, 0.29) is 18.4 Å². The average molecular weight is 421 g/mol. The van der Waals surface area contributed by atoms with Crippen molar-refractivity contribution in [3.05, 3.63) is 54.4 Å². The molecule has 0 bridgehead atoms. The van der Waals surface area contributed by atoms with Crippen molar-refractivity contribution in [2.24, 2.45) is 5.92 Å². The number of amides is 1. The summed E-state index contributed by atoms with van der Waals surface area (Å²) < 4.78 is 11.7. The summed E-state index contributed by atoms with van der Waals surface area (Å²) in [5.41, 5.74) is 1.74. The number of hydrogen-bond donors (Lipinski definition) is 1. The van der Waals surface area contributed by atoms with Gasteiger partial charge < -0.3 is 19.5 Å². The first-order valence-electron chi connectivity index (χ1n) is 9.55. The van der Waals surface area contributed by atoms with E-state index in [2.05, 4.69) is 25.3 Å². The van der Waals surface area contributed by atoms with Gasteiger partial charge in [0, 0.05) is 18.7 Å². The van der Waals surface area contributed by atoms with Gasteiger partial charge in [-0.3, -0.25) is 4.79 Å². The fraction of sp³-hybridized carbons (Fsp3) is 0.238. The second-order valence-electron chi connectivity index (χ2n) is 7.00. The number of fused-ring (bicyclic) bond motifs is 1. The summed E-state index contributed by atoms with van der Waals surface area (Å²) in [5.74, 6) is 1.55. The number of rotatable bonds is 6. The summed E-state index contributed by atoms with van der Waals surface area (Å²) in [6.07, 6.45) is 0. The van der Waals surface area contributed by atoms with Crippen LogP contribution in [0, 0.1) is 5.92 Å². The lowest BCUT2D eigenvalue weighted by Crippen LogP contribution is -2.53. The number of anilines is 1. The molecule has 1 saturated heterocycles. The Balaban J connectivity index is 1.16. The second kappa shape index (κ2) is 7.75. The molecule has 5 rings (SSSR count). The van der Waals surface area contributed by atoms with Crippen molar-refractivity contribution in [1.29, 1.82) is 0 Å². The molecule has 0 aliphatic carbocycles. The van der Waals surface area contributed by atoms with E-state index in [4.69, 9.17) is 9.26 Å². The van der Waals surface area contributed by atoms with Crippen LogP contribution in [0.2, 0.25) is 0 Å². The lowest BCUT2D eigenvalue weighted by molar-refractivity contribution is -0.126. The fourth-order valence-electron chi connectivity index (χ4n) is 3.35. The topological polar surface area (TPSA) is 93.4 Å². The molecule has 1 aliphatic rings. The van der Waals surface area contributed by atoms with Crippen LogP contribution in [0.1, 0.15) is 5.89 Å². The zero-order chi connectivity index (χ0) is 20.5. The van der Waals surface area contributed by atoms with Gasteiger partial charge >= 0.3 is 0 Å². The van der Waals surface area contributed by atoms with E-state index in [0.717, 1.165) is 26.7 Å². The summed E-state index contributed by atoms with van der Waals surface area (Å²) >= 11 is 1.61. The van der Waals surface area contributed by atoms with E-state index >= 15 is 0 Å². The Hall–Kier alpha value is -3.46. The Labute approximate surface area is 176 Å². The van der Waals surface area contributed by atoms with Crippen molar-refractivity contribution in [1.82, 2.24) is 20.4 Å². The van der Waals surface area contributed by atoms with Crippen LogP contribution in [-0.2, 0) is 11.3 Å². The lowest BCUT2D eigenvalue weighted by Gasteiger charge is -2.37. The van der Waals surface area contributed by atoms with Crippen LogP contribution in [0.15, 0.2) is 53.1 Å². The molecule has 1 amide bonds. The maximum absolute atomic E-state index is 12.5. The van der Waals surface area contributed by atoms with E-state index in [1.807, 2.05) is 48.5 Å². The van der Waals surface area contributed by atoms with Crippen LogP contribution in [0.25, 0.3) is 21.6 Å². The van der Waals surface area contributed by atoms with Crippen molar-refractivity contribution in [2.45, 2.75) is 6.54 Å². The molecule has 0 atom stereocenters. The monoisotopic (exact) mass is 421 g/mol. The summed E-state index contributed by atoms with van der Waals surface area (Å²) in [4.78, 5) is 23.6. The molecule has 9 heteroatoms. The molecular formula is C21H19N5O3S. The van der Waals surface area contributed by atoms with Crippen LogP contribution in [0.5, 0.6) is 5.75 Å². The third kappa shape index (κ3) is 3.48. The Kier molecular flexibility index (Phi) is 4.80. The molecule has 1 aliphatic heterocycles. The lowest BCUT2D eigenvalue weighted by atomic mass is 10.0. The molecule has 4 aromatic rings. The number of para-hydroxylation sites is 1. The molecule has 2 aromatic heterocycles. The highest BCUT2D eigenvalue weighted by Gasteiger charge is 2.34. The summed E-state index contributed by atoms with van der Waals surface area (Å²) in [7, 11) is 1.64. The first-order valence-corrected chi connectivity index (χ1v) is 10.4. The Morgan fingerprint density at radius 3 is 2.83 bits per heavy atom. The number of thiazole rings is 1. The van der Waals surface area contributed by atoms with Gasteiger partial charge in [-0.25, -0.2) is 4.98 Å². The summed E-state index contributed by atoms with van der Waals surface area (Å²) in [5, 5.41) is 7.76. The SMILES string of the molecule is COc1cccc2sc(N3CC(C(=O)NCc4nc(-c5ccccc5)no4)C3)nc12. The van der Waals surface area contributed by atoms with Crippen LogP contribution >= 0.6 is 11.3 Å². The van der Waals surface area contributed by atoms with Gasteiger partial charge in [-0.15, -0.1) is 0 Å². The van der Waals surface area contributed by atoms with Gasteiger partial charge in [0.05, 0.1) is 24.3 Å². The van der Waals surface area contributed by atoms with Crippen molar-refractivity contribution in [3.63, 3.8) is 0 Å². The maximum Gasteiger partial charge on any atom is 0.246 e. The zero-order valence-corrected chi connectivity index (χ0v) is 17.1. The number of carbonyl (C=O) groups is 1. The highest BCUT2D eigenvalue weighted by atomic mass is 32.1. The first-order chi connectivity index (χ1) is 14.7. The Morgan fingerprint density at radius 1 is 1.20 bits per heavy atom. The van der Waals surface area contributed by atoms with E-state index in [0.29, 0.717) is 24.8 Å². The third-order valence-electron chi connectivity index (χ3n) is 5.03. The predicted octanol–water partition coefficient (Wildman–Crippen LogP) is 3.11. The molecule has 0 unspecified atom stereocenters. The molecular weight excluding hydrogens is 402 g/mol. The smallest absolute Gasteiger partial charge is 0.246 e. The quantitative estimate of drug-likeness (QED) is 0.511. The largest absolute Gasteiger partial charge is 0.494 e. The molecule has 1 fully saturated rings. The number of nitrogens with zero attached hydrogens (tertiary/aromatic N) is 4.